The average Bonchev–Trinajstić information content (AvgIpc) is 2.89. The van der Waals surface area contributed by atoms with E-state index in [0.29, 0.717) is 29.9 Å². The molecular formula is C13H22N4O2S. The first-order valence-corrected chi connectivity index (χ1v) is 8.72. The van der Waals surface area contributed by atoms with Crippen LogP contribution in [-0.2, 0) is 17.1 Å². The minimum Gasteiger partial charge on any atom is -0.313 e. The van der Waals surface area contributed by atoms with E-state index in [0.717, 1.165) is 32.2 Å². The lowest BCUT2D eigenvalue weighted by atomic mass is 10.2. The predicted molar refractivity (Wildman–Crippen MR) is 75.7 cm³/mol. The van der Waals surface area contributed by atoms with Gasteiger partial charge in [-0.25, -0.2) is 8.42 Å². The molecule has 1 atom stereocenters. The molecule has 1 saturated heterocycles. The summed E-state index contributed by atoms with van der Waals surface area (Å²) in [6.07, 6.45) is 7.52. The van der Waals surface area contributed by atoms with Crippen molar-refractivity contribution >= 4 is 10.0 Å². The van der Waals surface area contributed by atoms with E-state index in [1.807, 2.05) is 0 Å². The van der Waals surface area contributed by atoms with Crippen molar-refractivity contribution in [2.24, 2.45) is 13.0 Å². The molecule has 1 unspecified atom stereocenters. The zero-order valence-corrected chi connectivity index (χ0v) is 12.6. The maximum Gasteiger partial charge on any atom is 0.246 e. The fourth-order valence-electron chi connectivity index (χ4n) is 2.70. The summed E-state index contributed by atoms with van der Waals surface area (Å²) in [5, 5.41) is 7.37. The fourth-order valence-corrected chi connectivity index (χ4v) is 4.25. The quantitative estimate of drug-likeness (QED) is 0.834. The summed E-state index contributed by atoms with van der Waals surface area (Å²) in [5.41, 5.74) is 0. The van der Waals surface area contributed by atoms with Crippen LogP contribution in [0.25, 0.3) is 0 Å². The molecular weight excluding hydrogens is 276 g/mol. The molecule has 1 aliphatic heterocycles. The van der Waals surface area contributed by atoms with Crippen molar-refractivity contribution in [3.05, 3.63) is 12.4 Å². The molecule has 20 heavy (non-hydrogen) atoms. The number of sulfonamides is 1. The molecule has 1 saturated carbocycles. The van der Waals surface area contributed by atoms with Crippen molar-refractivity contribution < 1.29 is 8.42 Å². The van der Waals surface area contributed by atoms with Crippen LogP contribution in [0.1, 0.15) is 25.7 Å². The van der Waals surface area contributed by atoms with E-state index in [9.17, 15) is 8.42 Å². The lowest BCUT2D eigenvalue weighted by molar-refractivity contribution is 0.358. The largest absolute Gasteiger partial charge is 0.313 e. The van der Waals surface area contributed by atoms with Crippen molar-refractivity contribution in [2.45, 2.75) is 36.6 Å². The summed E-state index contributed by atoms with van der Waals surface area (Å²) in [6.45, 7) is 2.22. The highest BCUT2D eigenvalue weighted by Crippen LogP contribution is 2.32. The second-order valence-electron chi connectivity index (χ2n) is 5.91. The third kappa shape index (κ3) is 3.05. The standard InChI is InChI=1S/C13H22N4O2S/c1-16-10-13(7-15-16)20(18,19)17(8-11-4-5-11)9-12-3-2-6-14-12/h7,10-12,14H,2-6,8-9H2,1H3. The van der Waals surface area contributed by atoms with Crippen molar-refractivity contribution in [1.82, 2.24) is 19.4 Å². The van der Waals surface area contributed by atoms with Gasteiger partial charge < -0.3 is 5.32 Å². The third-order valence-electron chi connectivity index (χ3n) is 4.06. The summed E-state index contributed by atoms with van der Waals surface area (Å²) in [5.74, 6) is 0.544. The number of hydrogen-bond acceptors (Lipinski definition) is 4. The van der Waals surface area contributed by atoms with Gasteiger partial charge in [-0.05, 0) is 38.1 Å². The van der Waals surface area contributed by atoms with Gasteiger partial charge in [0.15, 0.2) is 0 Å². The Labute approximate surface area is 120 Å². The number of hydrogen-bond donors (Lipinski definition) is 1. The normalized spacial score (nSPS) is 23.6. The maximum atomic E-state index is 12.7. The van der Waals surface area contributed by atoms with Gasteiger partial charge in [-0.2, -0.15) is 9.40 Å². The molecule has 1 aromatic heterocycles. The van der Waals surface area contributed by atoms with Gasteiger partial charge in [0.25, 0.3) is 0 Å². The van der Waals surface area contributed by atoms with E-state index in [1.165, 1.54) is 10.9 Å². The number of rotatable bonds is 6. The van der Waals surface area contributed by atoms with E-state index in [-0.39, 0.29) is 0 Å². The first kappa shape index (κ1) is 14.0. The van der Waals surface area contributed by atoms with Crippen LogP contribution in [-0.4, -0.2) is 48.2 Å². The van der Waals surface area contributed by atoms with Gasteiger partial charge in [-0.1, -0.05) is 0 Å². The lowest BCUT2D eigenvalue weighted by Crippen LogP contribution is -2.42. The van der Waals surface area contributed by atoms with Crippen molar-refractivity contribution in [3.63, 3.8) is 0 Å². The van der Waals surface area contributed by atoms with Gasteiger partial charge in [0.05, 0.1) is 6.20 Å². The zero-order chi connectivity index (χ0) is 14.2. The topological polar surface area (TPSA) is 67.2 Å². The minimum absolute atomic E-state index is 0.292. The smallest absolute Gasteiger partial charge is 0.246 e. The van der Waals surface area contributed by atoms with Gasteiger partial charge in [0, 0.05) is 32.4 Å². The Kier molecular flexibility index (Phi) is 3.83. The summed E-state index contributed by atoms with van der Waals surface area (Å²) in [6, 6.07) is 0.292. The summed E-state index contributed by atoms with van der Waals surface area (Å²) >= 11 is 0. The molecule has 2 aliphatic rings. The lowest BCUT2D eigenvalue weighted by Gasteiger charge is -2.24. The summed E-state index contributed by atoms with van der Waals surface area (Å²) in [4.78, 5) is 0.304. The molecule has 0 amide bonds. The molecule has 3 rings (SSSR count). The van der Waals surface area contributed by atoms with E-state index >= 15 is 0 Å². The van der Waals surface area contributed by atoms with Gasteiger partial charge in [-0.15, -0.1) is 0 Å². The van der Waals surface area contributed by atoms with Crippen LogP contribution in [0.3, 0.4) is 0 Å². The molecule has 0 bridgehead atoms. The SMILES string of the molecule is Cn1cc(S(=O)(=O)N(CC2CC2)CC2CCCN2)cn1. The van der Waals surface area contributed by atoms with Gasteiger partial charge in [0.1, 0.15) is 4.90 Å². The Bertz CT molecular complexity index is 559. The van der Waals surface area contributed by atoms with Crippen LogP contribution in [0.15, 0.2) is 17.3 Å². The van der Waals surface area contributed by atoms with Crippen molar-refractivity contribution in [2.75, 3.05) is 19.6 Å². The maximum absolute atomic E-state index is 12.7. The Balaban J connectivity index is 1.79. The fraction of sp³-hybridized carbons (Fsp3) is 0.769. The molecule has 0 radical (unpaired) electrons. The molecule has 2 fully saturated rings. The van der Waals surface area contributed by atoms with Crippen LogP contribution in [0, 0.1) is 5.92 Å². The summed E-state index contributed by atoms with van der Waals surface area (Å²) in [7, 11) is -1.67. The molecule has 0 spiro atoms. The van der Waals surface area contributed by atoms with E-state index in [1.54, 1.807) is 17.5 Å². The second kappa shape index (κ2) is 5.46. The minimum atomic E-state index is -3.41. The van der Waals surface area contributed by atoms with E-state index in [2.05, 4.69) is 10.4 Å². The number of aryl methyl sites for hydroxylation is 1. The zero-order valence-electron chi connectivity index (χ0n) is 11.8. The highest BCUT2D eigenvalue weighted by Gasteiger charge is 2.34. The van der Waals surface area contributed by atoms with Gasteiger partial charge >= 0.3 is 0 Å². The highest BCUT2D eigenvalue weighted by atomic mass is 32.2. The third-order valence-corrected chi connectivity index (χ3v) is 5.85. The molecule has 0 aromatic carbocycles. The van der Waals surface area contributed by atoms with Crippen molar-refractivity contribution in [3.8, 4) is 0 Å². The van der Waals surface area contributed by atoms with Crippen LogP contribution in [0.5, 0.6) is 0 Å². The molecule has 6 nitrogen and oxygen atoms in total. The van der Waals surface area contributed by atoms with Crippen LogP contribution in [0.2, 0.25) is 0 Å². The predicted octanol–water partition coefficient (Wildman–Crippen LogP) is 0.573. The molecule has 1 aliphatic carbocycles. The highest BCUT2D eigenvalue weighted by molar-refractivity contribution is 7.89. The Morgan fingerprint density at radius 1 is 1.40 bits per heavy atom. The van der Waals surface area contributed by atoms with Crippen molar-refractivity contribution in [1.29, 1.82) is 0 Å². The van der Waals surface area contributed by atoms with E-state index in [4.69, 9.17) is 0 Å². The molecule has 112 valence electrons. The average molecular weight is 298 g/mol. The van der Waals surface area contributed by atoms with Gasteiger partial charge in [0.2, 0.25) is 10.0 Å². The molecule has 2 heterocycles. The molecule has 7 heteroatoms. The molecule has 1 N–H and O–H groups in total. The van der Waals surface area contributed by atoms with Crippen LogP contribution >= 0.6 is 0 Å². The molecule has 1 aromatic rings. The number of nitrogens with one attached hydrogen (secondary N) is 1. The first-order valence-electron chi connectivity index (χ1n) is 7.28. The number of nitrogens with zero attached hydrogens (tertiary/aromatic N) is 3. The van der Waals surface area contributed by atoms with Crippen LogP contribution in [0.4, 0.5) is 0 Å². The van der Waals surface area contributed by atoms with Crippen LogP contribution < -0.4 is 5.32 Å². The Hall–Kier alpha value is -0.920. The first-order chi connectivity index (χ1) is 9.55. The monoisotopic (exact) mass is 298 g/mol. The Morgan fingerprint density at radius 3 is 2.75 bits per heavy atom. The van der Waals surface area contributed by atoms with E-state index < -0.39 is 10.0 Å². The number of aromatic nitrogens is 2. The second-order valence-corrected chi connectivity index (χ2v) is 7.85. The summed E-state index contributed by atoms with van der Waals surface area (Å²) < 4.78 is 28.7. The van der Waals surface area contributed by atoms with Gasteiger partial charge in [-0.3, -0.25) is 4.68 Å². The Morgan fingerprint density at radius 2 is 2.20 bits per heavy atom.